The molecule has 1 saturated carbocycles. The van der Waals surface area contributed by atoms with Crippen LogP contribution in [0.1, 0.15) is 24.1 Å². The van der Waals surface area contributed by atoms with Crippen LogP contribution >= 0.6 is 24.0 Å². The fraction of sp³-hybridized carbons (Fsp3) is 0.474. The molecule has 2 aromatic rings. The molecular formula is C19H28IN5O. The summed E-state index contributed by atoms with van der Waals surface area (Å²) < 4.78 is 7.79. The number of aryl methyl sites for hydroxylation is 1. The number of aromatic nitrogens is 2. The van der Waals surface area contributed by atoms with E-state index in [-0.39, 0.29) is 24.0 Å². The lowest BCUT2D eigenvalue weighted by atomic mass is 10.3. The molecule has 6 nitrogen and oxygen atoms in total. The van der Waals surface area contributed by atoms with Gasteiger partial charge in [-0.2, -0.15) is 0 Å². The third-order valence-electron chi connectivity index (χ3n) is 4.44. The van der Waals surface area contributed by atoms with Gasteiger partial charge in [-0.05, 0) is 36.5 Å². The third-order valence-corrected chi connectivity index (χ3v) is 4.44. The third kappa shape index (κ3) is 5.89. The lowest BCUT2D eigenvalue weighted by molar-refractivity contribution is 0.288. The standard InChI is InChI=1S/C19H27N5O.HI/c1-20-19(24(3)13-17-5-4-10-23(17)2)22-12-16-8-9-18(21-11-16)25-14-15-6-7-15;/h4-5,8-11,15H,6-7,12-14H2,1-3H3,(H,20,22);1H. The van der Waals surface area contributed by atoms with E-state index in [9.17, 15) is 0 Å². The molecule has 0 bridgehead atoms. The Morgan fingerprint density at radius 2 is 2.19 bits per heavy atom. The lowest BCUT2D eigenvalue weighted by Gasteiger charge is -2.22. The number of nitrogens with one attached hydrogen (secondary N) is 1. The molecule has 0 amide bonds. The van der Waals surface area contributed by atoms with Crippen LogP contribution in [0.2, 0.25) is 0 Å². The number of hydrogen-bond acceptors (Lipinski definition) is 3. The van der Waals surface area contributed by atoms with Gasteiger partial charge in [-0.25, -0.2) is 4.98 Å². The number of pyridine rings is 1. The molecular weight excluding hydrogens is 441 g/mol. The molecule has 1 fully saturated rings. The van der Waals surface area contributed by atoms with Crippen LogP contribution in [-0.4, -0.2) is 41.1 Å². The van der Waals surface area contributed by atoms with Crippen molar-refractivity contribution in [3.05, 3.63) is 47.9 Å². The van der Waals surface area contributed by atoms with Gasteiger partial charge in [0.15, 0.2) is 5.96 Å². The van der Waals surface area contributed by atoms with E-state index in [1.807, 2.05) is 25.4 Å². The summed E-state index contributed by atoms with van der Waals surface area (Å²) in [6.45, 7) is 2.27. The van der Waals surface area contributed by atoms with E-state index in [1.165, 1.54) is 18.5 Å². The summed E-state index contributed by atoms with van der Waals surface area (Å²) in [4.78, 5) is 10.9. The summed E-state index contributed by atoms with van der Waals surface area (Å²) in [6, 6.07) is 8.16. The number of ether oxygens (including phenoxy) is 1. The minimum Gasteiger partial charge on any atom is -0.477 e. The molecule has 26 heavy (non-hydrogen) atoms. The van der Waals surface area contributed by atoms with Crippen LogP contribution in [0.4, 0.5) is 0 Å². The molecule has 0 unspecified atom stereocenters. The molecule has 1 N–H and O–H groups in total. The fourth-order valence-electron chi connectivity index (χ4n) is 2.63. The molecule has 142 valence electrons. The molecule has 0 aromatic carbocycles. The number of nitrogens with zero attached hydrogens (tertiary/aromatic N) is 4. The largest absolute Gasteiger partial charge is 0.477 e. The highest BCUT2D eigenvalue weighted by atomic mass is 127. The number of guanidine groups is 1. The van der Waals surface area contributed by atoms with Gasteiger partial charge in [0.25, 0.3) is 0 Å². The molecule has 2 aromatic heterocycles. The molecule has 3 rings (SSSR count). The highest BCUT2D eigenvalue weighted by Crippen LogP contribution is 2.29. The average Bonchev–Trinajstić information content (AvgIpc) is 3.37. The summed E-state index contributed by atoms with van der Waals surface area (Å²) in [5.74, 6) is 2.31. The van der Waals surface area contributed by atoms with Gasteiger partial charge in [0.05, 0.1) is 13.2 Å². The molecule has 7 heteroatoms. The molecule has 0 spiro atoms. The van der Waals surface area contributed by atoms with Crippen molar-refractivity contribution in [3.63, 3.8) is 0 Å². The second-order valence-corrected chi connectivity index (χ2v) is 6.63. The van der Waals surface area contributed by atoms with E-state index >= 15 is 0 Å². The monoisotopic (exact) mass is 469 g/mol. The zero-order chi connectivity index (χ0) is 17.6. The van der Waals surface area contributed by atoms with Crippen LogP contribution < -0.4 is 10.1 Å². The molecule has 0 saturated heterocycles. The second kappa shape index (κ2) is 9.80. The Morgan fingerprint density at radius 3 is 2.77 bits per heavy atom. The molecule has 0 aliphatic heterocycles. The minimum atomic E-state index is 0. The van der Waals surface area contributed by atoms with E-state index in [0.717, 1.165) is 30.6 Å². The van der Waals surface area contributed by atoms with Crippen LogP contribution in [0.15, 0.2) is 41.7 Å². The van der Waals surface area contributed by atoms with Crippen LogP contribution in [0.5, 0.6) is 5.88 Å². The minimum absolute atomic E-state index is 0. The maximum absolute atomic E-state index is 5.67. The molecule has 0 atom stereocenters. The predicted molar refractivity (Wildman–Crippen MR) is 115 cm³/mol. The van der Waals surface area contributed by atoms with Crippen molar-refractivity contribution >= 4 is 29.9 Å². The van der Waals surface area contributed by atoms with E-state index in [1.54, 1.807) is 7.05 Å². The summed E-state index contributed by atoms with van der Waals surface area (Å²) in [6.07, 6.45) is 6.49. The Morgan fingerprint density at radius 1 is 1.38 bits per heavy atom. The van der Waals surface area contributed by atoms with Crippen molar-refractivity contribution < 1.29 is 4.74 Å². The van der Waals surface area contributed by atoms with Gasteiger partial charge in [-0.3, -0.25) is 4.99 Å². The van der Waals surface area contributed by atoms with Crippen molar-refractivity contribution in [2.45, 2.75) is 25.9 Å². The van der Waals surface area contributed by atoms with Crippen LogP contribution in [0.3, 0.4) is 0 Å². The predicted octanol–water partition coefficient (Wildman–Crippen LogP) is 3.03. The highest BCUT2D eigenvalue weighted by Gasteiger charge is 2.22. The summed E-state index contributed by atoms with van der Waals surface area (Å²) in [5.41, 5.74) is 2.34. The number of rotatable bonds is 7. The van der Waals surface area contributed by atoms with Gasteiger partial charge in [-0.1, -0.05) is 6.07 Å². The second-order valence-electron chi connectivity index (χ2n) is 6.63. The van der Waals surface area contributed by atoms with Crippen molar-refractivity contribution in [1.29, 1.82) is 0 Å². The van der Waals surface area contributed by atoms with Gasteiger partial charge < -0.3 is 19.5 Å². The van der Waals surface area contributed by atoms with Gasteiger partial charge in [-0.15, -0.1) is 24.0 Å². The Hall–Kier alpha value is -1.77. The lowest BCUT2D eigenvalue weighted by Crippen LogP contribution is -2.38. The van der Waals surface area contributed by atoms with Crippen LogP contribution in [-0.2, 0) is 20.1 Å². The highest BCUT2D eigenvalue weighted by molar-refractivity contribution is 14.0. The van der Waals surface area contributed by atoms with Gasteiger partial charge in [0.1, 0.15) is 0 Å². The van der Waals surface area contributed by atoms with Crippen molar-refractivity contribution in [1.82, 2.24) is 19.8 Å². The first kappa shape index (κ1) is 20.5. The van der Waals surface area contributed by atoms with Crippen molar-refractivity contribution in [3.8, 4) is 5.88 Å². The quantitative estimate of drug-likeness (QED) is 0.385. The Balaban J connectivity index is 0.00000243. The molecule has 1 aliphatic carbocycles. The first-order chi connectivity index (χ1) is 12.2. The Bertz CT molecular complexity index is 709. The van der Waals surface area contributed by atoms with Gasteiger partial charge in [0, 0.05) is 51.8 Å². The van der Waals surface area contributed by atoms with Crippen molar-refractivity contribution in [2.75, 3.05) is 20.7 Å². The zero-order valence-electron chi connectivity index (χ0n) is 15.7. The SMILES string of the molecule is CN=C(NCc1ccc(OCC2CC2)nc1)N(C)Cc1cccn1C.I. The van der Waals surface area contributed by atoms with E-state index in [4.69, 9.17) is 4.74 Å². The molecule has 1 aliphatic rings. The topological polar surface area (TPSA) is 54.7 Å². The Labute approximate surface area is 172 Å². The van der Waals surface area contributed by atoms with Crippen molar-refractivity contribution in [2.24, 2.45) is 18.0 Å². The maximum Gasteiger partial charge on any atom is 0.213 e. The summed E-state index contributed by atoms with van der Waals surface area (Å²) in [5, 5.41) is 3.38. The number of hydrogen-bond donors (Lipinski definition) is 1. The first-order valence-corrected chi connectivity index (χ1v) is 8.75. The van der Waals surface area contributed by atoms with Gasteiger partial charge in [0.2, 0.25) is 5.88 Å². The zero-order valence-corrected chi connectivity index (χ0v) is 18.0. The van der Waals surface area contributed by atoms with E-state index in [0.29, 0.717) is 12.4 Å². The molecule has 2 heterocycles. The summed E-state index contributed by atoms with van der Waals surface area (Å²) in [7, 11) is 5.89. The van der Waals surface area contributed by atoms with Crippen LogP contribution in [0.25, 0.3) is 0 Å². The van der Waals surface area contributed by atoms with E-state index in [2.05, 4.69) is 50.1 Å². The fourth-order valence-corrected chi connectivity index (χ4v) is 2.63. The number of aliphatic imine (C=N–C) groups is 1. The normalized spacial score (nSPS) is 13.9. The number of halogens is 1. The average molecular weight is 469 g/mol. The first-order valence-electron chi connectivity index (χ1n) is 8.75. The Kier molecular flexibility index (Phi) is 7.74. The van der Waals surface area contributed by atoms with E-state index < -0.39 is 0 Å². The molecule has 0 radical (unpaired) electrons. The smallest absolute Gasteiger partial charge is 0.213 e. The summed E-state index contributed by atoms with van der Waals surface area (Å²) >= 11 is 0. The maximum atomic E-state index is 5.67. The van der Waals surface area contributed by atoms with Gasteiger partial charge >= 0.3 is 0 Å². The van der Waals surface area contributed by atoms with Crippen LogP contribution in [0, 0.1) is 5.92 Å².